The van der Waals surface area contributed by atoms with E-state index in [1.54, 1.807) is 0 Å². The highest BCUT2D eigenvalue weighted by Crippen LogP contribution is 1.98. The van der Waals surface area contributed by atoms with Crippen molar-refractivity contribution in [2.24, 2.45) is 5.92 Å². The Labute approximate surface area is 68.6 Å². The Hall–Kier alpha value is -0.570. The average Bonchev–Trinajstić information content (AvgIpc) is 1.87. The molecule has 0 heterocycles. The van der Waals surface area contributed by atoms with Gasteiger partial charge in [0.2, 0.25) is 5.91 Å². The van der Waals surface area contributed by atoms with E-state index >= 15 is 0 Å². The summed E-state index contributed by atoms with van der Waals surface area (Å²) in [5.41, 5.74) is 0. The van der Waals surface area contributed by atoms with Crippen LogP contribution in [-0.4, -0.2) is 26.0 Å². The van der Waals surface area contributed by atoms with Crippen molar-refractivity contribution in [2.45, 2.75) is 20.3 Å². The highest BCUT2D eigenvalue weighted by Gasteiger charge is 2.05. The normalized spacial score (nSPS) is 12.6. The van der Waals surface area contributed by atoms with E-state index in [0.29, 0.717) is 12.3 Å². The molecule has 0 rings (SSSR count). The number of rotatable bonds is 5. The first-order valence-electron chi connectivity index (χ1n) is 4.12. The van der Waals surface area contributed by atoms with Crippen LogP contribution in [0.4, 0.5) is 0 Å². The molecule has 3 heteroatoms. The van der Waals surface area contributed by atoms with Crippen LogP contribution in [0, 0.1) is 5.92 Å². The van der Waals surface area contributed by atoms with Crippen molar-refractivity contribution >= 4 is 5.91 Å². The Morgan fingerprint density at radius 3 is 2.64 bits per heavy atom. The summed E-state index contributed by atoms with van der Waals surface area (Å²) < 4.78 is 0. The van der Waals surface area contributed by atoms with Gasteiger partial charge in [-0.05, 0) is 26.4 Å². The summed E-state index contributed by atoms with van der Waals surface area (Å²) in [6, 6.07) is 0. The largest absolute Gasteiger partial charge is 0.356 e. The smallest absolute Gasteiger partial charge is 0.220 e. The van der Waals surface area contributed by atoms with Gasteiger partial charge in [0, 0.05) is 13.0 Å². The molecule has 0 bridgehead atoms. The van der Waals surface area contributed by atoms with Crippen LogP contribution in [0.15, 0.2) is 0 Å². The van der Waals surface area contributed by atoms with E-state index in [0.717, 1.165) is 13.1 Å². The van der Waals surface area contributed by atoms with Gasteiger partial charge in [-0.1, -0.05) is 6.92 Å². The maximum atomic E-state index is 11.0. The lowest BCUT2D eigenvalue weighted by Gasteiger charge is -2.09. The fourth-order valence-corrected chi connectivity index (χ4v) is 1.01. The van der Waals surface area contributed by atoms with Crippen LogP contribution in [0.2, 0.25) is 0 Å². The fraction of sp³-hybridized carbons (Fsp3) is 0.875. The van der Waals surface area contributed by atoms with Crippen LogP contribution in [-0.2, 0) is 4.79 Å². The molecule has 0 aromatic carbocycles. The molecule has 0 saturated heterocycles. The minimum absolute atomic E-state index is 0.148. The van der Waals surface area contributed by atoms with Gasteiger partial charge in [-0.15, -0.1) is 0 Å². The van der Waals surface area contributed by atoms with Crippen LogP contribution < -0.4 is 10.6 Å². The lowest BCUT2D eigenvalue weighted by molar-refractivity contribution is -0.121. The number of hydrogen-bond donors (Lipinski definition) is 2. The van der Waals surface area contributed by atoms with E-state index in [1.165, 1.54) is 0 Å². The number of nitrogens with one attached hydrogen (secondary N) is 2. The minimum atomic E-state index is 0.148. The Bertz CT molecular complexity index is 115. The summed E-state index contributed by atoms with van der Waals surface area (Å²) in [4.78, 5) is 11.0. The molecular formula is C8H18N2O. The van der Waals surface area contributed by atoms with Crippen molar-refractivity contribution in [3.8, 4) is 0 Å². The fourth-order valence-electron chi connectivity index (χ4n) is 1.01. The van der Waals surface area contributed by atoms with Crippen molar-refractivity contribution in [3.63, 3.8) is 0 Å². The van der Waals surface area contributed by atoms with E-state index in [-0.39, 0.29) is 5.91 Å². The molecule has 2 N–H and O–H groups in total. The first-order valence-corrected chi connectivity index (χ1v) is 4.12. The van der Waals surface area contributed by atoms with E-state index in [2.05, 4.69) is 17.6 Å². The van der Waals surface area contributed by atoms with Crippen LogP contribution in [0.5, 0.6) is 0 Å². The zero-order valence-corrected chi connectivity index (χ0v) is 7.61. The number of amides is 1. The van der Waals surface area contributed by atoms with Gasteiger partial charge in [-0.2, -0.15) is 0 Å². The SMILES string of the molecule is CCNC(=O)CC(C)CNC. The van der Waals surface area contributed by atoms with Gasteiger partial charge in [0.15, 0.2) is 0 Å². The molecule has 0 fully saturated rings. The predicted molar refractivity (Wildman–Crippen MR) is 46.4 cm³/mol. The van der Waals surface area contributed by atoms with Crippen molar-refractivity contribution in [2.75, 3.05) is 20.1 Å². The Kier molecular flexibility index (Phi) is 5.84. The summed E-state index contributed by atoms with van der Waals surface area (Å²) >= 11 is 0. The number of hydrogen-bond acceptors (Lipinski definition) is 2. The first-order chi connectivity index (χ1) is 5.20. The topological polar surface area (TPSA) is 41.1 Å². The Morgan fingerprint density at radius 2 is 2.18 bits per heavy atom. The third-order valence-electron chi connectivity index (χ3n) is 1.46. The molecule has 0 aromatic rings. The second kappa shape index (κ2) is 6.16. The molecule has 0 aromatic heterocycles. The van der Waals surface area contributed by atoms with Crippen molar-refractivity contribution in [3.05, 3.63) is 0 Å². The summed E-state index contributed by atoms with van der Waals surface area (Å²) in [7, 11) is 1.90. The van der Waals surface area contributed by atoms with E-state index in [1.807, 2.05) is 14.0 Å². The Morgan fingerprint density at radius 1 is 1.55 bits per heavy atom. The minimum Gasteiger partial charge on any atom is -0.356 e. The van der Waals surface area contributed by atoms with Gasteiger partial charge in [-0.3, -0.25) is 4.79 Å². The summed E-state index contributed by atoms with van der Waals surface area (Å²) in [5.74, 6) is 0.571. The van der Waals surface area contributed by atoms with E-state index < -0.39 is 0 Å². The standard InChI is InChI=1S/C8H18N2O/c1-4-10-8(11)5-7(2)6-9-3/h7,9H,4-6H2,1-3H3,(H,10,11). The average molecular weight is 158 g/mol. The molecule has 0 aliphatic carbocycles. The maximum Gasteiger partial charge on any atom is 0.220 e. The van der Waals surface area contributed by atoms with Crippen molar-refractivity contribution in [1.29, 1.82) is 0 Å². The Balaban J connectivity index is 3.40. The molecule has 1 atom stereocenters. The molecule has 0 spiro atoms. The molecule has 0 radical (unpaired) electrons. The number of carbonyl (C=O) groups excluding carboxylic acids is 1. The van der Waals surface area contributed by atoms with Gasteiger partial charge in [0.05, 0.1) is 0 Å². The monoisotopic (exact) mass is 158 g/mol. The van der Waals surface area contributed by atoms with Crippen molar-refractivity contribution in [1.82, 2.24) is 10.6 Å². The highest BCUT2D eigenvalue weighted by molar-refractivity contribution is 5.76. The lowest BCUT2D eigenvalue weighted by atomic mass is 10.1. The van der Waals surface area contributed by atoms with Crippen LogP contribution in [0.1, 0.15) is 20.3 Å². The van der Waals surface area contributed by atoms with E-state index in [9.17, 15) is 4.79 Å². The van der Waals surface area contributed by atoms with Crippen LogP contribution >= 0.6 is 0 Å². The van der Waals surface area contributed by atoms with Crippen LogP contribution in [0.25, 0.3) is 0 Å². The summed E-state index contributed by atoms with van der Waals surface area (Å²) in [6.45, 7) is 5.62. The summed E-state index contributed by atoms with van der Waals surface area (Å²) in [5, 5.41) is 5.80. The molecule has 0 aliphatic heterocycles. The predicted octanol–water partition coefficient (Wildman–Crippen LogP) is 0.368. The molecule has 0 aliphatic rings. The quantitative estimate of drug-likeness (QED) is 0.607. The molecule has 11 heavy (non-hydrogen) atoms. The lowest BCUT2D eigenvalue weighted by Crippen LogP contribution is -2.27. The first kappa shape index (κ1) is 10.4. The van der Waals surface area contributed by atoms with Gasteiger partial charge >= 0.3 is 0 Å². The van der Waals surface area contributed by atoms with Gasteiger partial charge in [0.1, 0.15) is 0 Å². The van der Waals surface area contributed by atoms with Gasteiger partial charge in [-0.25, -0.2) is 0 Å². The van der Waals surface area contributed by atoms with E-state index in [4.69, 9.17) is 0 Å². The van der Waals surface area contributed by atoms with Crippen LogP contribution in [0.3, 0.4) is 0 Å². The second-order valence-electron chi connectivity index (χ2n) is 2.82. The van der Waals surface area contributed by atoms with Crippen molar-refractivity contribution < 1.29 is 4.79 Å². The second-order valence-corrected chi connectivity index (χ2v) is 2.82. The molecule has 1 unspecified atom stereocenters. The zero-order valence-electron chi connectivity index (χ0n) is 7.61. The third-order valence-corrected chi connectivity index (χ3v) is 1.46. The van der Waals surface area contributed by atoms with Gasteiger partial charge in [0.25, 0.3) is 0 Å². The maximum absolute atomic E-state index is 11.0. The molecular weight excluding hydrogens is 140 g/mol. The highest BCUT2D eigenvalue weighted by atomic mass is 16.1. The molecule has 1 amide bonds. The summed E-state index contributed by atoms with van der Waals surface area (Å²) in [6.07, 6.45) is 0.620. The molecule has 0 saturated carbocycles. The van der Waals surface area contributed by atoms with Gasteiger partial charge < -0.3 is 10.6 Å². The number of carbonyl (C=O) groups is 1. The third kappa shape index (κ3) is 5.85. The molecule has 3 nitrogen and oxygen atoms in total. The molecule has 66 valence electrons. The zero-order chi connectivity index (χ0) is 8.69.